The third-order valence-electron chi connectivity index (χ3n) is 1.86. The van der Waals surface area contributed by atoms with E-state index < -0.39 is 5.91 Å². The number of nitrogens with two attached hydrogens (primary N) is 1. The summed E-state index contributed by atoms with van der Waals surface area (Å²) in [5.41, 5.74) is 5.68. The fourth-order valence-corrected chi connectivity index (χ4v) is 2.00. The Kier molecular flexibility index (Phi) is 2.45. The van der Waals surface area contributed by atoms with Gasteiger partial charge in [0.25, 0.3) is 5.91 Å². The van der Waals surface area contributed by atoms with E-state index in [0.717, 1.165) is 4.90 Å². The predicted molar refractivity (Wildman–Crippen MR) is 55.5 cm³/mol. The molecule has 0 aliphatic carbocycles. The van der Waals surface area contributed by atoms with Gasteiger partial charge >= 0.3 is 0 Å². The SMILES string of the molecule is NC(=O)c1cccc2c1OCC=CS2. The molecule has 14 heavy (non-hydrogen) atoms. The largest absolute Gasteiger partial charge is 0.487 e. The third-order valence-corrected chi connectivity index (χ3v) is 2.76. The number of ether oxygens (including phenoxy) is 1. The third kappa shape index (κ3) is 1.61. The van der Waals surface area contributed by atoms with Gasteiger partial charge in [0, 0.05) is 0 Å². The molecular formula is C10H9NO2S. The average Bonchev–Trinajstić information content (AvgIpc) is 2.41. The van der Waals surface area contributed by atoms with Crippen molar-refractivity contribution in [1.29, 1.82) is 0 Å². The van der Waals surface area contributed by atoms with Crippen molar-refractivity contribution in [3.63, 3.8) is 0 Å². The standard InChI is InChI=1S/C10H9NO2S/c11-10(12)7-3-1-4-8-9(7)13-5-2-6-14-8/h1-4,6H,5H2,(H2,11,12). The van der Waals surface area contributed by atoms with E-state index in [2.05, 4.69) is 0 Å². The Morgan fingerprint density at radius 1 is 1.50 bits per heavy atom. The maximum atomic E-state index is 11.1. The fourth-order valence-electron chi connectivity index (χ4n) is 1.24. The van der Waals surface area contributed by atoms with Crippen molar-refractivity contribution in [2.24, 2.45) is 5.73 Å². The number of thioether (sulfide) groups is 1. The van der Waals surface area contributed by atoms with Crippen LogP contribution >= 0.6 is 11.8 Å². The zero-order valence-corrected chi connectivity index (χ0v) is 8.21. The first-order chi connectivity index (χ1) is 6.79. The summed E-state index contributed by atoms with van der Waals surface area (Å²) in [4.78, 5) is 12.0. The first-order valence-electron chi connectivity index (χ1n) is 4.16. The minimum absolute atomic E-state index is 0.443. The minimum Gasteiger partial charge on any atom is -0.487 e. The van der Waals surface area contributed by atoms with Crippen LogP contribution in [0, 0.1) is 0 Å². The smallest absolute Gasteiger partial charge is 0.252 e. The van der Waals surface area contributed by atoms with Crippen molar-refractivity contribution in [2.45, 2.75) is 4.90 Å². The Morgan fingerprint density at radius 2 is 2.36 bits per heavy atom. The van der Waals surface area contributed by atoms with E-state index in [0.29, 0.717) is 17.9 Å². The quantitative estimate of drug-likeness (QED) is 0.763. The van der Waals surface area contributed by atoms with Gasteiger partial charge in [-0.3, -0.25) is 4.79 Å². The van der Waals surface area contributed by atoms with Gasteiger partial charge < -0.3 is 10.5 Å². The minimum atomic E-state index is -0.454. The van der Waals surface area contributed by atoms with Crippen LogP contribution in [0.15, 0.2) is 34.6 Å². The fraction of sp³-hybridized carbons (Fsp3) is 0.100. The van der Waals surface area contributed by atoms with Crippen LogP contribution in [0.4, 0.5) is 0 Å². The molecule has 0 aromatic heterocycles. The molecule has 0 atom stereocenters. The van der Waals surface area contributed by atoms with E-state index in [1.807, 2.05) is 17.6 Å². The van der Waals surface area contributed by atoms with Crippen LogP contribution in [-0.4, -0.2) is 12.5 Å². The number of carbonyl (C=O) groups is 1. The van der Waals surface area contributed by atoms with Crippen molar-refractivity contribution in [3.05, 3.63) is 35.2 Å². The number of carbonyl (C=O) groups excluding carboxylic acids is 1. The second-order valence-corrected chi connectivity index (χ2v) is 3.75. The number of rotatable bonds is 1. The summed E-state index contributed by atoms with van der Waals surface area (Å²) in [5.74, 6) is 0.138. The maximum Gasteiger partial charge on any atom is 0.252 e. The molecule has 0 radical (unpaired) electrons. The molecule has 0 bridgehead atoms. The van der Waals surface area contributed by atoms with E-state index in [-0.39, 0.29) is 0 Å². The van der Waals surface area contributed by atoms with Crippen molar-refractivity contribution in [1.82, 2.24) is 0 Å². The van der Waals surface area contributed by atoms with Crippen LogP contribution in [0.1, 0.15) is 10.4 Å². The molecule has 1 amide bonds. The second-order valence-electron chi connectivity index (χ2n) is 2.80. The van der Waals surface area contributed by atoms with Gasteiger partial charge in [-0.05, 0) is 23.6 Å². The molecule has 1 heterocycles. The summed E-state index contributed by atoms with van der Waals surface area (Å²) in [6.07, 6.45) is 1.90. The number of para-hydroxylation sites is 1. The molecule has 1 aromatic rings. The molecule has 2 rings (SSSR count). The summed E-state index contributed by atoms with van der Waals surface area (Å²) >= 11 is 1.53. The molecule has 0 saturated carbocycles. The zero-order valence-electron chi connectivity index (χ0n) is 7.40. The van der Waals surface area contributed by atoms with Gasteiger partial charge in [-0.15, -0.1) is 0 Å². The maximum absolute atomic E-state index is 11.1. The van der Waals surface area contributed by atoms with Crippen LogP contribution in [0.2, 0.25) is 0 Å². The van der Waals surface area contributed by atoms with E-state index in [1.54, 1.807) is 12.1 Å². The molecule has 0 fully saturated rings. The lowest BCUT2D eigenvalue weighted by Gasteiger charge is -2.09. The Hall–Kier alpha value is -1.42. The van der Waals surface area contributed by atoms with Crippen molar-refractivity contribution >= 4 is 17.7 Å². The van der Waals surface area contributed by atoms with E-state index >= 15 is 0 Å². The van der Waals surface area contributed by atoms with Gasteiger partial charge in [0.05, 0.1) is 10.5 Å². The van der Waals surface area contributed by atoms with Crippen molar-refractivity contribution in [3.8, 4) is 5.75 Å². The van der Waals surface area contributed by atoms with Crippen molar-refractivity contribution in [2.75, 3.05) is 6.61 Å². The highest BCUT2D eigenvalue weighted by molar-refractivity contribution is 8.02. The van der Waals surface area contributed by atoms with E-state index in [1.165, 1.54) is 11.8 Å². The monoisotopic (exact) mass is 207 g/mol. The normalized spacial score (nSPS) is 14.0. The number of fused-ring (bicyclic) bond motifs is 1. The highest BCUT2D eigenvalue weighted by Crippen LogP contribution is 2.34. The van der Waals surface area contributed by atoms with Crippen LogP contribution in [0.3, 0.4) is 0 Å². The first-order valence-corrected chi connectivity index (χ1v) is 5.04. The number of benzene rings is 1. The van der Waals surface area contributed by atoms with Gasteiger partial charge in [-0.25, -0.2) is 0 Å². The predicted octanol–water partition coefficient (Wildman–Crippen LogP) is 1.78. The first kappa shape index (κ1) is 9.15. The molecule has 0 saturated heterocycles. The summed E-state index contributed by atoms with van der Waals surface area (Å²) in [7, 11) is 0. The number of amides is 1. The molecule has 3 nitrogen and oxygen atoms in total. The molecule has 0 unspecified atom stereocenters. The molecule has 1 aromatic carbocycles. The highest BCUT2D eigenvalue weighted by atomic mass is 32.2. The molecule has 72 valence electrons. The molecule has 0 spiro atoms. The lowest BCUT2D eigenvalue weighted by atomic mass is 10.2. The molecular weight excluding hydrogens is 198 g/mol. The number of primary amides is 1. The van der Waals surface area contributed by atoms with Gasteiger partial charge in [-0.2, -0.15) is 0 Å². The topological polar surface area (TPSA) is 52.3 Å². The van der Waals surface area contributed by atoms with Crippen molar-refractivity contribution < 1.29 is 9.53 Å². The average molecular weight is 207 g/mol. The van der Waals surface area contributed by atoms with Gasteiger partial charge in [0.15, 0.2) is 0 Å². The van der Waals surface area contributed by atoms with Crippen LogP contribution < -0.4 is 10.5 Å². The second kappa shape index (κ2) is 3.75. The molecule has 1 aliphatic rings. The molecule has 4 heteroatoms. The Morgan fingerprint density at radius 3 is 3.14 bits per heavy atom. The number of hydrogen-bond donors (Lipinski definition) is 1. The molecule has 2 N–H and O–H groups in total. The molecule has 1 aliphatic heterocycles. The lowest BCUT2D eigenvalue weighted by molar-refractivity contribution is 0.0996. The Labute approximate surface area is 85.9 Å². The van der Waals surface area contributed by atoms with E-state index in [9.17, 15) is 4.79 Å². The summed E-state index contributed by atoms with van der Waals surface area (Å²) in [5, 5.41) is 1.94. The number of hydrogen-bond acceptors (Lipinski definition) is 3. The Balaban J connectivity index is 2.51. The Bertz CT molecular complexity index is 401. The van der Waals surface area contributed by atoms with Gasteiger partial charge in [0.1, 0.15) is 12.4 Å². The summed E-state index contributed by atoms with van der Waals surface area (Å²) in [6, 6.07) is 5.38. The summed E-state index contributed by atoms with van der Waals surface area (Å²) in [6.45, 7) is 0.476. The van der Waals surface area contributed by atoms with Crippen LogP contribution in [0.25, 0.3) is 0 Å². The zero-order chi connectivity index (χ0) is 9.97. The van der Waals surface area contributed by atoms with E-state index in [4.69, 9.17) is 10.5 Å². The lowest BCUT2D eigenvalue weighted by Crippen LogP contribution is -2.13. The summed E-state index contributed by atoms with van der Waals surface area (Å²) < 4.78 is 5.43. The van der Waals surface area contributed by atoms with Crippen LogP contribution in [0.5, 0.6) is 5.75 Å². The van der Waals surface area contributed by atoms with Gasteiger partial charge in [0.2, 0.25) is 0 Å². The van der Waals surface area contributed by atoms with Gasteiger partial charge in [-0.1, -0.05) is 17.8 Å². The highest BCUT2D eigenvalue weighted by Gasteiger charge is 2.14. The van der Waals surface area contributed by atoms with Crippen LogP contribution in [-0.2, 0) is 0 Å².